The summed E-state index contributed by atoms with van der Waals surface area (Å²) in [6, 6.07) is 5.06. The van der Waals surface area contributed by atoms with Crippen molar-refractivity contribution in [1.82, 2.24) is 45.2 Å². The molecule has 3 fully saturated rings. The number of imide groups is 1. The van der Waals surface area contributed by atoms with Gasteiger partial charge in [-0.25, -0.2) is 4.79 Å². The first-order chi connectivity index (χ1) is 33.9. The molecule has 3 unspecified atom stereocenters. The molecule has 20 heteroatoms. The van der Waals surface area contributed by atoms with E-state index >= 15 is 0 Å². The number of nitrogens with zero attached hydrogens (tertiary/aromatic N) is 7. The number of nitrogens with one attached hydrogen (secondary N) is 2. The summed E-state index contributed by atoms with van der Waals surface area (Å²) in [5.74, 6) is -4.92. The van der Waals surface area contributed by atoms with Gasteiger partial charge in [0.2, 0.25) is 29.5 Å². The van der Waals surface area contributed by atoms with Crippen LogP contribution in [0.15, 0.2) is 48.7 Å². The van der Waals surface area contributed by atoms with Gasteiger partial charge in [0.1, 0.15) is 23.8 Å². The SMILES string of the molecule is CC[C@H](C)[C@@H]([C@@H](CC(=O)N1CCCC1[C@H](OC)[C@@H](C)C(=O)NC(Cc1ccccc1)C(=O)O)OC)N(C)C(=O)C(NC(=O)[C@@H]1[C@H]2CC[C@H](C2)N1C(=O)CCCn1cc(CN2C(=O)C=CC2=O)nn1)C(C)C. The highest BCUT2D eigenvalue weighted by molar-refractivity contribution is 6.12. The van der Waals surface area contributed by atoms with E-state index in [-0.39, 0.29) is 73.2 Å². The van der Waals surface area contributed by atoms with Gasteiger partial charge < -0.3 is 39.9 Å². The van der Waals surface area contributed by atoms with E-state index < -0.39 is 72.0 Å². The minimum Gasteiger partial charge on any atom is -0.480 e. The zero-order chi connectivity index (χ0) is 51.7. The molecule has 11 atom stereocenters. The summed E-state index contributed by atoms with van der Waals surface area (Å²) in [7, 11) is 4.66. The molecule has 4 aliphatic rings. The first-order valence-corrected chi connectivity index (χ1v) is 25.1. The van der Waals surface area contributed by atoms with Crippen LogP contribution in [0.25, 0.3) is 0 Å². The third kappa shape index (κ3) is 12.7. The number of carbonyl (C=O) groups is 8. The lowest BCUT2D eigenvalue weighted by Crippen LogP contribution is -2.60. The molecule has 3 aliphatic heterocycles. The topological polar surface area (TPSA) is 243 Å². The smallest absolute Gasteiger partial charge is 0.326 e. The molecule has 4 heterocycles. The number of benzene rings is 1. The van der Waals surface area contributed by atoms with Gasteiger partial charge >= 0.3 is 5.97 Å². The molecule has 2 aromatic rings. The van der Waals surface area contributed by atoms with Crippen molar-refractivity contribution < 1.29 is 52.9 Å². The number of carbonyl (C=O) groups excluding carboxylic acids is 7. The number of aryl methyl sites for hydroxylation is 1. The quantitative estimate of drug-likeness (QED) is 0.121. The number of fused-ring (bicyclic) bond motifs is 2. The van der Waals surface area contributed by atoms with Crippen LogP contribution in [0.2, 0.25) is 0 Å². The molecule has 0 radical (unpaired) electrons. The van der Waals surface area contributed by atoms with Crippen molar-refractivity contribution >= 4 is 47.3 Å². The van der Waals surface area contributed by atoms with Crippen LogP contribution in [-0.2, 0) is 67.3 Å². The van der Waals surface area contributed by atoms with Gasteiger partial charge in [-0.1, -0.05) is 76.6 Å². The third-order valence-electron chi connectivity index (χ3n) is 15.1. The van der Waals surface area contributed by atoms with E-state index in [1.807, 2.05) is 33.8 Å². The Morgan fingerprint density at radius 2 is 1.63 bits per heavy atom. The number of aromatic nitrogens is 3. The van der Waals surface area contributed by atoms with Crippen molar-refractivity contribution in [2.24, 2.45) is 23.7 Å². The van der Waals surface area contributed by atoms with Crippen molar-refractivity contribution in [3.63, 3.8) is 0 Å². The maximum Gasteiger partial charge on any atom is 0.326 e. The van der Waals surface area contributed by atoms with Gasteiger partial charge in [-0.15, -0.1) is 5.10 Å². The number of carboxylic acids is 1. The molecule has 71 heavy (non-hydrogen) atoms. The van der Waals surface area contributed by atoms with Crippen molar-refractivity contribution in [2.75, 3.05) is 27.8 Å². The highest BCUT2D eigenvalue weighted by atomic mass is 16.5. The Labute approximate surface area is 416 Å². The van der Waals surface area contributed by atoms with Crippen molar-refractivity contribution in [3.8, 4) is 0 Å². The van der Waals surface area contributed by atoms with Crippen LogP contribution >= 0.6 is 0 Å². The number of likely N-dealkylation sites (N-methyl/N-ethyl adjacent to an activating group) is 1. The number of methoxy groups -OCH3 is 2. The average Bonchev–Trinajstić information content (AvgIpc) is 4.22. The van der Waals surface area contributed by atoms with Gasteiger partial charge in [0, 0.05) is 65.4 Å². The van der Waals surface area contributed by atoms with Crippen molar-refractivity contribution in [3.05, 3.63) is 59.9 Å². The number of hydrogen-bond donors (Lipinski definition) is 3. The molecule has 2 bridgehead atoms. The fourth-order valence-corrected chi connectivity index (χ4v) is 11.1. The summed E-state index contributed by atoms with van der Waals surface area (Å²) >= 11 is 0. The van der Waals surface area contributed by atoms with Crippen LogP contribution < -0.4 is 10.6 Å². The zero-order valence-electron chi connectivity index (χ0n) is 42.4. The summed E-state index contributed by atoms with van der Waals surface area (Å²) in [6.45, 7) is 10.1. The largest absolute Gasteiger partial charge is 0.480 e. The fourth-order valence-electron chi connectivity index (χ4n) is 11.1. The fraction of sp³-hybridized carbons (Fsp3) is 0.647. The number of carboxylic acid groups (broad SMARTS) is 1. The van der Waals surface area contributed by atoms with E-state index in [4.69, 9.17) is 9.47 Å². The average molecular weight is 988 g/mol. The lowest BCUT2D eigenvalue weighted by Gasteiger charge is -2.41. The zero-order valence-corrected chi connectivity index (χ0v) is 42.4. The second-order valence-electron chi connectivity index (χ2n) is 20.1. The van der Waals surface area contributed by atoms with E-state index in [0.29, 0.717) is 50.9 Å². The van der Waals surface area contributed by atoms with Gasteiger partial charge in [0.15, 0.2) is 0 Å². The van der Waals surface area contributed by atoms with Gasteiger partial charge in [0.05, 0.1) is 49.4 Å². The summed E-state index contributed by atoms with van der Waals surface area (Å²) in [6.07, 6.45) is 7.33. The van der Waals surface area contributed by atoms with Crippen LogP contribution in [-0.4, -0.2) is 163 Å². The van der Waals surface area contributed by atoms with E-state index in [9.17, 15) is 43.5 Å². The lowest BCUT2D eigenvalue weighted by molar-refractivity contribution is -0.149. The Hall–Kier alpha value is -6.02. The van der Waals surface area contributed by atoms with Crippen LogP contribution in [0.5, 0.6) is 0 Å². The standard InChI is InChI=1S/C51H73N9O11/c1-9-31(4)45(39(70-7)27-43(64)58-24-13-17-38(58)47(71-8)32(5)48(65)52-37(51(68)69)25-33-15-11-10-12-16-33)56(6)50(67)44(30(2)3)53-49(66)46-34-19-20-36(26-34)60(46)42(63)18-14-23-57-28-35(54-55-57)29-59-40(61)21-22-41(59)62/h10-12,15-16,21-22,28,30-32,34,36-39,44-47H,9,13-14,17-20,23-27,29H2,1-8H3,(H,52,65)(H,53,66)(H,68,69)/t31-,32+,34-,36+,37?,38?,39+,44?,45-,46-,47+/m0/s1. The van der Waals surface area contributed by atoms with Crippen molar-refractivity contribution in [2.45, 2.75) is 160 Å². The van der Waals surface area contributed by atoms with Crippen LogP contribution in [0, 0.1) is 23.7 Å². The molecule has 0 spiro atoms. The van der Waals surface area contributed by atoms with Crippen LogP contribution in [0.3, 0.4) is 0 Å². The Kier molecular flexibility index (Phi) is 18.7. The Morgan fingerprint density at radius 3 is 2.27 bits per heavy atom. The molecule has 3 N–H and O–H groups in total. The molecule has 388 valence electrons. The Balaban J connectivity index is 1.08. The summed E-state index contributed by atoms with van der Waals surface area (Å²) in [5, 5.41) is 23.9. The Bertz CT molecular complexity index is 2250. The van der Waals surface area contributed by atoms with Crippen LogP contribution in [0.1, 0.15) is 104 Å². The maximum atomic E-state index is 14.7. The van der Waals surface area contributed by atoms with Gasteiger partial charge in [-0.2, -0.15) is 0 Å². The number of aliphatic carboxylic acids is 1. The lowest BCUT2D eigenvalue weighted by atomic mass is 9.89. The molecule has 1 aromatic heterocycles. The molecule has 2 saturated heterocycles. The van der Waals surface area contributed by atoms with Crippen molar-refractivity contribution in [1.29, 1.82) is 0 Å². The minimum atomic E-state index is -1.16. The molecular formula is C51H73N9O11. The maximum absolute atomic E-state index is 14.7. The van der Waals surface area contributed by atoms with Gasteiger partial charge in [-0.05, 0) is 61.8 Å². The molecule has 1 saturated carbocycles. The molecule has 6 rings (SSSR count). The normalized spacial score (nSPS) is 22.6. The second kappa shape index (κ2) is 24.4. The number of amides is 7. The van der Waals surface area contributed by atoms with E-state index in [0.717, 1.165) is 23.3 Å². The number of hydrogen-bond acceptors (Lipinski definition) is 12. The number of ether oxygens (including phenoxy) is 2. The van der Waals surface area contributed by atoms with Crippen LogP contribution in [0.4, 0.5) is 0 Å². The van der Waals surface area contributed by atoms with E-state index in [1.54, 1.807) is 63.8 Å². The number of piperidine rings is 1. The first kappa shape index (κ1) is 54.3. The Morgan fingerprint density at radius 1 is 0.930 bits per heavy atom. The first-order valence-electron chi connectivity index (χ1n) is 25.1. The highest BCUT2D eigenvalue weighted by Gasteiger charge is 2.52. The second-order valence-corrected chi connectivity index (χ2v) is 20.1. The predicted molar refractivity (Wildman–Crippen MR) is 258 cm³/mol. The molecule has 1 aromatic carbocycles. The third-order valence-corrected chi connectivity index (χ3v) is 15.1. The number of likely N-dealkylation sites (tertiary alicyclic amines) is 2. The summed E-state index contributed by atoms with van der Waals surface area (Å²) in [4.78, 5) is 113. The highest BCUT2D eigenvalue weighted by Crippen LogP contribution is 2.43. The molecular weight excluding hydrogens is 915 g/mol. The monoisotopic (exact) mass is 988 g/mol. The van der Waals surface area contributed by atoms with E-state index in [1.165, 1.54) is 26.4 Å². The van der Waals surface area contributed by atoms with E-state index in [2.05, 4.69) is 20.9 Å². The van der Waals surface area contributed by atoms with Gasteiger partial charge in [-0.3, -0.25) is 43.1 Å². The minimum absolute atomic E-state index is 0.00657. The molecule has 20 nitrogen and oxygen atoms in total. The molecule has 1 aliphatic carbocycles. The number of rotatable bonds is 25. The molecule has 7 amide bonds. The summed E-state index contributed by atoms with van der Waals surface area (Å²) < 4.78 is 13.5. The van der Waals surface area contributed by atoms with Gasteiger partial charge in [0.25, 0.3) is 11.8 Å². The summed E-state index contributed by atoms with van der Waals surface area (Å²) in [5.41, 5.74) is 1.20. The predicted octanol–water partition coefficient (Wildman–Crippen LogP) is 2.74.